The molecule has 0 bridgehead atoms. The first-order valence-corrected chi connectivity index (χ1v) is 5.72. The van der Waals surface area contributed by atoms with Gasteiger partial charge in [-0.25, -0.2) is 0 Å². The third kappa shape index (κ3) is 3.67. The number of rotatable bonds is 0. The van der Waals surface area contributed by atoms with Gasteiger partial charge in [0.05, 0.1) is 0 Å². The zero-order valence-electron chi connectivity index (χ0n) is 9.13. The summed E-state index contributed by atoms with van der Waals surface area (Å²) in [7, 11) is 0. The van der Waals surface area contributed by atoms with Crippen molar-refractivity contribution in [2.75, 3.05) is 0 Å². The normalized spacial score (nSPS) is 16.1. The Morgan fingerprint density at radius 1 is 0.714 bits per heavy atom. The van der Waals surface area contributed by atoms with Crippen LogP contribution in [0.3, 0.4) is 0 Å². The Labute approximate surface area is 100 Å². The number of allylic oxidation sites excluding steroid dienone is 4. The van der Waals surface area contributed by atoms with E-state index in [0.29, 0.717) is 0 Å². The Morgan fingerprint density at radius 2 is 0.929 bits per heavy atom. The molecule has 1 radical (unpaired) electrons. The molecule has 0 aromatic rings. The monoisotopic (exact) mass is 301 g/mol. The quantitative estimate of drug-likeness (QED) is 0.642. The van der Waals surface area contributed by atoms with E-state index in [2.05, 4.69) is 34.6 Å². The van der Waals surface area contributed by atoms with Crippen LogP contribution in [0, 0.1) is 5.92 Å². The molecule has 81 valence electrons. The molecule has 0 aromatic carbocycles. The van der Waals surface area contributed by atoms with Crippen molar-refractivity contribution < 1.29 is 25.3 Å². The SMILES string of the molecule is C[C]1C(C)=C(C)C(C)=C1C.Cl.[O]=[Mo]=[O]. The molecule has 0 aliphatic heterocycles. The van der Waals surface area contributed by atoms with Gasteiger partial charge in [0, 0.05) is 5.92 Å². The first-order chi connectivity index (χ1) is 5.97. The van der Waals surface area contributed by atoms with Crippen molar-refractivity contribution in [2.45, 2.75) is 34.6 Å². The Hall–Kier alpha value is 0.0583. The van der Waals surface area contributed by atoms with Crippen LogP contribution in [0.25, 0.3) is 0 Å². The summed E-state index contributed by atoms with van der Waals surface area (Å²) in [5.74, 6) is 1.47. The maximum absolute atomic E-state index is 8.50. The molecule has 0 amide bonds. The van der Waals surface area contributed by atoms with E-state index in [9.17, 15) is 0 Å². The molecule has 1 aliphatic carbocycles. The number of hydrogen-bond donors (Lipinski definition) is 0. The van der Waals surface area contributed by atoms with E-state index in [1.165, 1.54) is 28.2 Å². The summed E-state index contributed by atoms with van der Waals surface area (Å²) >= 11 is -2.03. The van der Waals surface area contributed by atoms with E-state index in [-0.39, 0.29) is 12.4 Å². The molecule has 14 heavy (non-hydrogen) atoms. The van der Waals surface area contributed by atoms with Gasteiger partial charge in [-0.3, -0.25) is 0 Å². The van der Waals surface area contributed by atoms with Crippen LogP contribution in [0.15, 0.2) is 22.3 Å². The van der Waals surface area contributed by atoms with Crippen LogP contribution < -0.4 is 0 Å². The van der Waals surface area contributed by atoms with Crippen molar-refractivity contribution in [3.63, 3.8) is 0 Å². The van der Waals surface area contributed by atoms with Gasteiger partial charge in [-0.15, -0.1) is 12.4 Å². The average Bonchev–Trinajstić information content (AvgIpc) is 2.25. The fourth-order valence-electron chi connectivity index (χ4n) is 1.41. The Kier molecular flexibility index (Phi) is 8.67. The van der Waals surface area contributed by atoms with E-state index in [0.717, 1.165) is 0 Å². The molecular formula is C10H16ClMoO2. The summed E-state index contributed by atoms with van der Waals surface area (Å²) in [5, 5.41) is 0. The van der Waals surface area contributed by atoms with Crippen molar-refractivity contribution in [1.29, 1.82) is 0 Å². The summed E-state index contributed by atoms with van der Waals surface area (Å²) in [6.45, 7) is 11.0. The fraction of sp³-hybridized carbons (Fsp3) is 0.500. The first-order valence-electron chi connectivity index (χ1n) is 4.08. The van der Waals surface area contributed by atoms with E-state index in [4.69, 9.17) is 6.80 Å². The Bertz CT molecular complexity index is 275. The van der Waals surface area contributed by atoms with Crippen molar-refractivity contribution in [2.24, 2.45) is 0 Å². The second-order valence-corrected chi connectivity index (χ2v) is 3.53. The van der Waals surface area contributed by atoms with Crippen LogP contribution in [-0.4, -0.2) is 0 Å². The second kappa shape index (κ2) is 7.36. The minimum atomic E-state index is -2.03. The number of halogens is 1. The Balaban J connectivity index is 0. The third-order valence-corrected chi connectivity index (χ3v) is 2.81. The molecule has 1 aliphatic rings. The predicted molar refractivity (Wildman–Crippen MR) is 54.3 cm³/mol. The van der Waals surface area contributed by atoms with E-state index in [1.54, 1.807) is 0 Å². The molecule has 2 nitrogen and oxygen atoms in total. The molecule has 0 saturated carbocycles. The molecule has 0 spiro atoms. The second-order valence-electron chi connectivity index (χ2n) is 3.19. The minimum absolute atomic E-state index is 0. The molecule has 0 aromatic heterocycles. The summed E-state index contributed by atoms with van der Waals surface area (Å²) in [6, 6.07) is 0. The first kappa shape index (κ1) is 16.5. The van der Waals surface area contributed by atoms with Crippen molar-refractivity contribution >= 4 is 12.4 Å². The van der Waals surface area contributed by atoms with E-state index < -0.39 is 18.5 Å². The van der Waals surface area contributed by atoms with Gasteiger partial charge in [-0.05, 0) is 38.8 Å². The molecule has 1 rings (SSSR count). The summed E-state index contributed by atoms with van der Waals surface area (Å²) in [4.78, 5) is 0. The van der Waals surface area contributed by atoms with E-state index in [1.807, 2.05) is 0 Å². The van der Waals surface area contributed by atoms with Crippen LogP contribution in [-0.2, 0) is 25.3 Å². The van der Waals surface area contributed by atoms with Gasteiger partial charge >= 0.3 is 25.3 Å². The number of hydrogen-bond acceptors (Lipinski definition) is 2. The van der Waals surface area contributed by atoms with Crippen LogP contribution in [0.1, 0.15) is 34.6 Å². The van der Waals surface area contributed by atoms with Gasteiger partial charge < -0.3 is 0 Å². The van der Waals surface area contributed by atoms with Gasteiger partial charge in [0.1, 0.15) is 0 Å². The molecular weight excluding hydrogens is 284 g/mol. The summed E-state index contributed by atoms with van der Waals surface area (Å²) < 4.78 is 17.0. The molecule has 0 saturated heterocycles. The summed E-state index contributed by atoms with van der Waals surface area (Å²) in [6.07, 6.45) is 0. The van der Waals surface area contributed by atoms with Gasteiger partial charge in [0.25, 0.3) is 0 Å². The van der Waals surface area contributed by atoms with Crippen LogP contribution in [0.4, 0.5) is 0 Å². The molecule has 0 N–H and O–H groups in total. The fourth-order valence-corrected chi connectivity index (χ4v) is 1.41. The standard InChI is InChI=1S/C10H15.ClH.Mo.2O/c1-6-7(2)9(4)10(5)8(6)3;;;;/h1-5H3;1H;;;. The Morgan fingerprint density at radius 3 is 1.00 bits per heavy atom. The predicted octanol–water partition coefficient (Wildman–Crippen LogP) is 3.45. The molecule has 0 unspecified atom stereocenters. The maximum atomic E-state index is 8.50. The van der Waals surface area contributed by atoms with Gasteiger partial charge in [0.15, 0.2) is 0 Å². The van der Waals surface area contributed by atoms with Crippen LogP contribution in [0.2, 0.25) is 0 Å². The zero-order chi connectivity index (χ0) is 10.6. The van der Waals surface area contributed by atoms with Crippen molar-refractivity contribution in [3.8, 4) is 0 Å². The van der Waals surface area contributed by atoms with Gasteiger partial charge in [-0.2, -0.15) is 0 Å². The molecule has 0 heterocycles. The average molecular weight is 300 g/mol. The molecule has 0 atom stereocenters. The molecule has 0 fully saturated rings. The zero-order valence-corrected chi connectivity index (χ0v) is 12.0. The van der Waals surface area contributed by atoms with E-state index >= 15 is 0 Å². The van der Waals surface area contributed by atoms with Crippen molar-refractivity contribution in [3.05, 3.63) is 28.2 Å². The van der Waals surface area contributed by atoms with Gasteiger partial charge in [0.2, 0.25) is 0 Å². The van der Waals surface area contributed by atoms with Gasteiger partial charge in [-0.1, -0.05) is 18.1 Å². The third-order valence-electron chi connectivity index (χ3n) is 2.81. The van der Waals surface area contributed by atoms with Crippen LogP contribution in [0.5, 0.6) is 0 Å². The topological polar surface area (TPSA) is 34.1 Å². The summed E-state index contributed by atoms with van der Waals surface area (Å²) in [5.41, 5.74) is 5.87. The van der Waals surface area contributed by atoms with Crippen molar-refractivity contribution in [1.82, 2.24) is 0 Å². The molecule has 4 heteroatoms. The van der Waals surface area contributed by atoms with Crippen LogP contribution >= 0.6 is 12.4 Å².